The molecule has 0 aliphatic carbocycles. The van der Waals surface area contributed by atoms with Gasteiger partial charge in [0.1, 0.15) is 5.60 Å². The van der Waals surface area contributed by atoms with Gasteiger partial charge in [0.2, 0.25) is 0 Å². The van der Waals surface area contributed by atoms with E-state index in [1.165, 1.54) is 10.8 Å². The maximum absolute atomic E-state index is 9.70. The van der Waals surface area contributed by atoms with Crippen LogP contribution in [0.3, 0.4) is 0 Å². The quantitative estimate of drug-likeness (QED) is 0.686. The van der Waals surface area contributed by atoms with Crippen LogP contribution in [0.15, 0.2) is 24.5 Å². The SMILES string of the molecule is CC(C)(O)/C(=C/C#N)n1cccn1. The number of aliphatic hydroxyl groups is 1. The maximum atomic E-state index is 9.70. The highest BCUT2D eigenvalue weighted by Gasteiger charge is 2.21. The summed E-state index contributed by atoms with van der Waals surface area (Å²) < 4.78 is 1.48. The van der Waals surface area contributed by atoms with Crippen LogP contribution in [0, 0.1) is 11.3 Å². The van der Waals surface area contributed by atoms with E-state index in [4.69, 9.17) is 5.26 Å². The highest BCUT2D eigenvalue weighted by Crippen LogP contribution is 2.19. The van der Waals surface area contributed by atoms with Gasteiger partial charge in [-0.25, -0.2) is 4.68 Å². The molecule has 0 fully saturated rings. The summed E-state index contributed by atoms with van der Waals surface area (Å²) in [4.78, 5) is 0. The molecule has 0 aliphatic rings. The average Bonchev–Trinajstić information content (AvgIpc) is 2.49. The molecule has 4 heteroatoms. The van der Waals surface area contributed by atoms with E-state index in [1.807, 2.05) is 6.07 Å². The molecule has 1 heterocycles. The van der Waals surface area contributed by atoms with Crippen molar-refractivity contribution >= 4 is 5.70 Å². The molecular formula is C9H11N3O. The summed E-state index contributed by atoms with van der Waals surface area (Å²) in [6.07, 6.45) is 4.56. The summed E-state index contributed by atoms with van der Waals surface area (Å²) in [6, 6.07) is 3.61. The first-order valence-electron chi connectivity index (χ1n) is 3.88. The molecule has 0 amide bonds. The Hall–Kier alpha value is -1.60. The Labute approximate surface area is 76.7 Å². The molecule has 0 aromatic carbocycles. The standard InChI is InChI=1S/C9H11N3O/c1-9(2,13)8(4-5-10)12-7-3-6-11-12/h3-4,6-7,13H,1-2H3/b8-4-. The van der Waals surface area contributed by atoms with E-state index in [-0.39, 0.29) is 0 Å². The summed E-state index contributed by atoms with van der Waals surface area (Å²) in [6.45, 7) is 3.22. The second kappa shape index (κ2) is 3.42. The highest BCUT2D eigenvalue weighted by atomic mass is 16.3. The first-order valence-corrected chi connectivity index (χ1v) is 3.88. The summed E-state index contributed by atoms with van der Waals surface area (Å²) in [5, 5.41) is 22.2. The molecule has 1 N–H and O–H groups in total. The second-order valence-corrected chi connectivity index (χ2v) is 3.17. The molecule has 0 spiro atoms. The van der Waals surface area contributed by atoms with Crippen molar-refractivity contribution in [2.45, 2.75) is 19.4 Å². The minimum Gasteiger partial charge on any atom is -0.384 e. The molecule has 4 nitrogen and oxygen atoms in total. The lowest BCUT2D eigenvalue weighted by Crippen LogP contribution is -2.25. The molecule has 0 saturated carbocycles. The molecule has 0 bridgehead atoms. The van der Waals surface area contributed by atoms with Gasteiger partial charge in [-0.2, -0.15) is 10.4 Å². The molecule has 0 aliphatic heterocycles. The molecule has 0 atom stereocenters. The van der Waals surface area contributed by atoms with E-state index >= 15 is 0 Å². The summed E-state index contributed by atoms with van der Waals surface area (Å²) in [5.41, 5.74) is -0.609. The number of nitriles is 1. The van der Waals surface area contributed by atoms with Crippen molar-refractivity contribution in [2.75, 3.05) is 0 Å². The van der Waals surface area contributed by atoms with Gasteiger partial charge >= 0.3 is 0 Å². The maximum Gasteiger partial charge on any atom is 0.102 e. The van der Waals surface area contributed by atoms with Gasteiger partial charge in [0, 0.05) is 18.5 Å². The van der Waals surface area contributed by atoms with Gasteiger partial charge in [0.15, 0.2) is 0 Å². The minimum absolute atomic E-state index is 0.458. The second-order valence-electron chi connectivity index (χ2n) is 3.17. The molecule has 0 saturated heterocycles. The Morgan fingerprint density at radius 1 is 1.69 bits per heavy atom. The molecule has 1 rings (SSSR count). The third-order valence-electron chi connectivity index (χ3n) is 1.58. The largest absolute Gasteiger partial charge is 0.384 e. The minimum atomic E-state index is -1.07. The zero-order chi connectivity index (χ0) is 9.90. The molecule has 0 unspecified atom stereocenters. The third-order valence-corrected chi connectivity index (χ3v) is 1.58. The number of nitrogens with zero attached hydrogens (tertiary/aromatic N) is 3. The van der Waals surface area contributed by atoms with Crippen LogP contribution >= 0.6 is 0 Å². The molecule has 13 heavy (non-hydrogen) atoms. The Balaban J connectivity index is 3.11. The van der Waals surface area contributed by atoms with Gasteiger partial charge in [-0.3, -0.25) is 0 Å². The van der Waals surface area contributed by atoms with Crippen LogP contribution in [0.4, 0.5) is 0 Å². The van der Waals surface area contributed by atoms with Gasteiger partial charge in [-0.05, 0) is 19.9 Å². The molecular weight excluding hydrogens is 166 g/mol. The monoisotopic (exact) mass is 177 g/mol. The van der Waals surface area contributed by atoms with Crippen LogP contribution in [-0.2, 0) is 0 Å². The normalized spacial score (nSPS) is 12.6. The fourth-order valence-corrected chi connectivity index (χ4v) is 0.996. The highest BCUT2D eigenvalue weighted by molar-refractivity contribution is 5.55. The van der Waals surface area contributed by atoms with Crippen LogP contribution < -0.4 is 0 Å². The number of aromatic nitrogens is 2. The van der Waals surface area contributed by atoms with E-state index in [0.717, 1.165) is 0 Å². The number of hydrogen-bond donors (Lipinski definition) is 1. The van der Waals surface area contributed by atoms with Crippen molar-refractivity contribution in [3.8, 4) is 6.07 Å². The molecule has 1 aromatic rings. The van der Waals surface area contributed by atoms with Crippen molar-refractivity contribution in [1.82, 2.24) is 9.78 Å². The molecule has 1 aromatic heterocycles. The first-order chi connectivity index (χ1) is 6.05. The lowest BCUT2D eigenvalue weighted by molar-refractivity contribution is 0.136. The zero-order valence-electron chi connectivity index (χ0n) is 7.60. The van der Waals surface area contributed by atoms with Gasteiger partial charge < -0.3 is 5.11 Å². The van der Waals surface area contributed by atoms with E-state index in [9.17, 15) is 5.11 Å². The molecule has 0 radical (unpaired) electrons. The predicted octanol–water partition coefficient (Wildman–Crippen LogP) is 1.02. The van der Waals surface area contributed by atoms with Gasteiger partial charge in [-0.15, -0.1) is 0 Å². The van der Waals surface area contributed by atoms with E-state index < -0.39 is 5.60 Å². The Kier molecular flexibility index (Phi) is 2.49. The lowest BCUT2D eigenvalue weighted by atomic mass is 10.1. The van der Waals surface area contributed by atoms with Gasteiger partial charge in [0.25, 0.3) is 0 Å². The molecule has 68 valence electrons. The Bertz CT molecular complexity index is 338. The Morgan fingerprint density at radius 3 is 2.77 bits per heavy atom. The van der Waals surface area contributed by atoms with Crippen LogP contribution in [0.1, 0.15) is 13.8 Å². The number of allylic oxidation sites excluding steroid dienone is 1. The fraction of sp³-hybridized carbons (Fsp3) is 0.333. The van der Waals surface area contributed by atoms with Gasteiger partial charge in [-0.1, -0.05) is 0 Å². The number of hydrogen-bond acceptors (Lipinski definition) is 3. The van der Waals surface area contributed by atoms with Crippen molar-refractivity contribution in [3.05, 3.63) is 24.5 Å². The van der Waals surface area contributed by atoms with E-state index in [0.29, 0.717) is 5.70 Å². The van der Waals surface area contributed by atoms with Crippen LogP contribution in [-0.4, -0.2) is 20.5 Å². The topological polar surface area (TPSA) is 61.8 Å². The Morgan fingerprint density at radius 2 is 2.38 bits per heavy atom. The zero-order valence-corrected chi connectivity index (χ0v) is 7.60. The number of rotatable bonds is 2. The van der Waals surface area contributed by atoms with Crippen LogP contribution in [0.25, 0.3) is 5.70 Å². The first kappa shape index (κ1) is 9.49. The summed E-state index contributed by atoms with van der Waals surface area (Å²) in [7, 11) is 0. The van der Waals surface area contributed by atoms with Crippen LogP contribution in [0.5, 0.6) is 0 Å². The van der Waals surface area contributed by atoms with Gasteiger partial charge in [0.05, 0.1) is 11.8 Å². The third kappa shape index (κ3) is 2.17. The summed E-state index contributed by atoms with van der Waals surface area (Å²) in [5.74, 6) is 0. The van der Waals surface area contributed by atoms with Crippen LogP contribution in [0.2, 0.25) is 0 Å². The van der Waals surface area contributed by atoms with E-state index in [2.05, 4.69) is 5.10 Å². The van der Waals surface area contributed by atoms with Crippen molar-refractivity contribution < 1.29 is 5.11 Å². The summed E-state index contributed by atoms with van der Waals surface area (Å²) >= 11 is 0. The average molecular weight is 177 g/mol. The fourth-order valence-electron chi connectivity index (χ4n) is 0.996. The predicted molar refractivity (Wildman–Crippen MR) is 48.4 cm³/mol. The van der Waals surface area contributed by atoms with E-state index in [1.54, 1.807) is 32.3 Å². The van der Waals surface area contributed by atoms with Crippen molar-refractivity contribution in [3.63, 3.8) is 0 Å². The smallest absolute Gasteiger partial charge is 0.102 e. The van der Waals surface area contributed by atoms with Crippen molar-refractivity contribution in [2.24, 2.45) is 0 Å². The van der Waals surface area contributed by atoms with Crippen molar-refractivity contribution in [1.29, 1.82) is 5.26 Å². The lowest BCUT2D eigenvalue weighted by Gasteiger charge is -2.20.